The Kier molecular flexibility index (Phi) is 4.00. The Morgan fingerprint density at radius 1 is 1.12 bits per heavy atom. The number of carbonyl (C=O) groups excluding carboxylic acids is 1. The lowest BCUT2D eigenvalue weighted by molar-refractivity contribution is 0.0929. The summed E-state index contributed by atoms with van der Waals surface area (Å²) >= 11 is 0. The van der Waals surface area contributed by atoms with Crippen molar-refractivity contribution >= 4 is 16.7 Å². The first-order chi connectivity index (χ1) is 11.7. The molecule has 3 heterocycles. The number of fused-ring (bicyclic) bond motifs is 5. The topological polar surface area (TPSA) is 32.3 Å². The van der Waals surface area contributed by atoms with Crippen molar-refractivity contribution < 1.29 is 4.79 Å². The smallest absolute Gasteiger partial charge is 0.251 e. The molecule has 5 rings (SSSR count). The van der Waals surface area contributed by atoms with Crippen LogP contribution in [-0.2, 0) is 0 Å². The van der Waals surface area contributed by atoms with Gasteiger partial charge in [-0.15, -0.1) is 6.42 Å². The summed E-state index contributed by atoms with van der Waals surface area (Å²) in [6, 6.07) is 12.0. The first-order valence-corrected chi connectivity index (χ1v) is 8.75. The van der Waals surface area contributed by atoms with Crippen LogP contribution >= 0.6 is 0 Å². The second kappa shape index (κ2) is 6.30. The fraction of sp³-hybridized carbons (Fsp3) is 0.381. The van der Waals surface area contributed by atoms with E-state index in [2.05, 4.69) is 16.1 Å². The quantitative estimate of drug-likeness (QED) is 0.863. The summed E-state index contributed by atoms with van der Waals surface area (Å²) in [4.78, 5) is 15.2. The van der Waals surface area contributed by atoms with Gasteiger partial charge < -0.3 is 10.2 Å². The minimum atomic E-state index is 0.0236. The third kappa shape index (κ3) is 3.02. The van der Waals surface area contributed by atoms with E-state index in [1.54, 1.807) is 0 Å². The molecule has 1 atom stereocenters. The third-order valence-electron chi connectivity index (χ3n) is 5.41. The molecule has 0 spiro atoms. The van der Waals surface area contributed by atoms with Crippen LogP contribution in [0.4, 0.5) is 0 Å². The van der Waals surface area contributed by atoms with Crippen LogP contribution in [0.3, 0.4) is 0 Å². The summed E-state index contributed by atoms with van der Waals surface area (Å²) in [6.07, 6.45) is 9.13. The number of nitrogens with one attached hydrogen (secondary N) is 1. The molecule has 0 saturated carbocycles. The van der Waals surface area contributed by atoms with E-state index >= 15 is 0 Å². The largest absolute Gasteiger partial charge is 0.348 e. The number of amides is 1. The minimum Gasteiger partial charge on any atom is -0.348 e. The van der Waals surface area contributed by atoms with E-state index in [4.69, 9.17) is 6.42 Å². The summed E-state index contributed by atoms with van der Waals surface area (Å²) in [7, 11) is 0. The second-order valence-corrected chi connectivity index (χ2v) is 7.07. The molecule has 3 nitrogen and oxygen atoms in total. The molecule has 0 radical (unpaired) electrons. The third-order valence-corrected chi connectivity index (χ3v) is 5.41. The Labute approximate surface area is 143 Å². The van der Waals surface area contributed by atoms with Crippen LogP contribution in [0.2, 0.25) is 0 Å². The van der Waals surface area contributed by atoms with Crippen molar-refractivity contribution in [1.82, 2.24) is 10.2 Å². The van der Waals surface area contributed by atoms with Crippen molar-refractivity contribution in [3.8, 4) is 12.3 Å². The number of terminal acetylenes is 1. The molecule has 2 bridgehead atoms. The molecule has 3 aliphatic rings. The molecule has 2 aromatic rings. The number of carbonyl (C=O) groups is 1. The lowest BCUT2D eigenvalue weighted by Gasteiger charge is -2.26. The van der Waals surface area contributed by atoms with Gasteiger partial charge in [0.15, 0.2) is 0 Å². The summed E-state index contributed by atoms with van der Waals surface area (Å²) in [5.74, 6) is 3.44. The highest BCUT2D eigenvalue weighted by atomic mass is 16.1. The van der Waals surface area contributed by atoms with Crippen LogP contribution in [0, 0.1) is 18.3 Å². The molecule has 24 heavy (non-hydrogen) atoms. The average molecular weight is 318 g/mol. The molecule has 0 aliphatic carbocycles. The van der Waals surface area contributed by atoms with E-state index in [1.165, 1.54) is 25.9 Å². The van der Waals surface area contributed by atoms with Gasteiger partial charge in [0.25, 0.3) is 5.91 Å². The monoisotopic (exact) mass is 318 g/mol. The predicted molar refractivity (Wildman–Crippen MR) is 96.9 cm³/mol. The molecule has 3 saturated heterocycles. The molecule has 2 aromatic carbocycles. The van der Waals surface area contributed by atoms with Crippen LogP contribution in [0.15, 0.2) is 36.4 Å². The summed E-state index contributed by atoms with van der Waals surface area (Å²) in [6.45, 7) is 3.35. The fourth-order valence-corrected chi connectivity index (χ4v) is 4.04. The first kappa shape index (κ1) is 15.2. The number of hydrogen-bond donors (Lipinski definition) is 1. The van der Waals surface area contributed by atoms with E-state index in [0.717, 1.165) is 35.2 Å². The minimum absolute atomic E-state index is 0.0236. The standard InChI is InChI=1S/C21H22N2O/c1-2-15-3-4-17-5-6-18(13-19(17)11-15)21(24)22-20-12-16-7-9-23(14-20)10-8-16/h1,3-6,11,13,16,20H,7-10,12,14H2,(H,22,24). The van der Waals surface area contributed by atoms with Gasteiger partial charge in [0.2, 0.25) is 0 Å². The molecule has 3 aliphatic heterocycles. The van der Waals surface area contributed by atoms with Crippen molar-refractivity contribution in [1.29, 1.82) is 0 Å². The number of rotatable bonds is 2. The van der Waals surface area contributed by atoms with Gasteiger partial charge in [0.05, 0.1) is 0 Å². The summed E-state index contributed by atoms with van der Waals surface area (Å²) < 4.78 is 0. The van der Waals surface area contributed by atoms with Crippen molar-refractivity contribution in [2.24, 2.45) is 5.92 Å². The SMILES string of the molecule is C#Cc1ccc2ccc(C(=O)NC3CC4CCN(CC4)C3)cc2c1. The first-order valence-electron chi connectivity index (χ1n) is 8.75. The second-order valence-electron chi connectivity index (χ2n) is 7.07. The maximum Gasteiger partial charge on any atom is 0.251 e. The lowest BCUT2D eigenvalue weighted by Crippen LogP contribution is -2.41. The van der Waals surface area contributed by atoms with Crippen LogP contribution in [-0.4, -0.2) is 36.5 Å². The Balaban J connectivity index is 1.53. The number of benzene rings is 2. The Morgan fingerprint density at radius 3 is 2.71 bits per heavy atom. The van der Waals surface area contributed by atoms with Crippen LogP contribution in [0.5, 0.6) is 0 Å². The van der Waals surface area contributed by atoms with Gasteiger partial charge in [-0.1, -0.05) is 18.1 Å². The highest BCUT2D eigenvalue weighted by molar-refractivity contribution is 5.99. The van der Waals surface area contributed by atoms with Gasteiger partial charge in [0.1, 0.15) is 0 Å². The van der Waals surface area contributed by atoms with Gasteiger partial charge in [-0.25, -0.2) is 0 Å². The van der Waals surface area contributed by atoms with Crippen LogP contribution in [0.1, 0.15) is 35.2 Å². The highest BCUT2D eigenvalue weighted by Gasteiger charge is 2.29. The van der Waals surface area contributed by atoms with Crippen LogP contribution < -0.4 is 5.32 Å². The van der Waals surface area contributed by atoms with E-state index in [-0.39, 0.29) is 11.9 Å². The van der Waals surface area contributed by atoms with Crippen molar-refractivity contribution in [3.63, 3.8) is 0 Å². The zero-order chi connectivity index (χ0) is 16.5. The number of piperidine rings is 1. The highest BCUT2D eigenvalue weighted by Crippen LogP contribution is 2.27. The van der Waals surface area contributed by atoms with Crippen molar-refractivity contribution in [2.75, 3.05) is 19.6 Å². The Morgan fingerprint density at radius 2 is 1.92 bits per heavy atom. The average Bonchev–Trinajstić information content (AvgIpc) is 2.93. The van der Waals surface area contributed by atoms with Gasteiger partial charge in [-0.05, 0) is 73.3 Å². The number of hydrogen-bond acceptors (Lipinski definition) is 2. The van der Waals surface area contributed by atoms with Gasteiger partial charge in [-0.3, -0.25) is 4.79 Å². The van der Waals surface area contributed by atoms with Crippen LogP contribution in [0.25, 0.3) is 10.8 Å². The van der Waals surface area contributed by atoms with E-state index in [1.807, 2.05) is 36.4 Å². The molecular weight excluding hydrogens is 296 g/mol. The zero-order valence-corrected chi connectivity index (χ0v) is 13.8. The Bertz CT molecular complexity index is 798. The van der Waals surface area contributed by atoms with E-state index < -0.39 is 0 Å². The van der Waals surface area contributed by atoms with E-state index in [0.29, 0.717) is 5.56 Å². The number of nitrogens with zero attached hydrogens (tertiary/aromatic N) is 1. The van der Waals surface area contributed by atoms with Gasteiger partial charge >= 0.3 is 0 Å². The van der Waals surface area contributed by atoms with Crippen molar-refractivity contribution in [3.05, 3.63) is 47.5 Å². The van der Waals surface area contributed by atoms with Crippen molar-refractivity contribution in [2.45, 2.75) is 25.3 Å². The normalized spacial score (nSPS) is 25.9. The Hall–Kier alpha value is -2.31. The fourth-order valence-electron chi connectivity index (χ4n) is 4.04. The summed E-state index contributed by atoms with van der Waals surface area (Å²) in [5.41, 5.74) is 1.55. The maximum atomic E-state index is 12.7. The molecule has 3 heteroatoms. The summed E-state index contributed by atoms with van der Waals surface area (Å²) in [5, 5.41) is 5.37. The molecule has 122 valence electrons. The molecule has 0 aromatic heterocycles. The molecule has 1 unspecified atom stereocenters. The molecule has 1 amide bonds. The van der Waals surface area contributed by atoms with E-state index in [9.17, 15) is 4.79 Å². The van der Waals surface area contributed by atoms with Gasteiger partial charge in [0, 0.05) is 23.7 Å². The molecule has 1 N–H and O–H groups in total. The zero-order valence-electron chi connectivity index (χ0n) is 13.8. The van der Waals surface area contributed by atoms with Gasteiger partial charge in [-0.2, -0.15) is 0 Å². The molecular formula is C21H22N2O. The maximum absolute atomic E-state index is 12.7. The predicted octanol–water partition coefficient (Wildman–Crippen LogP) is 3.04. The lowest BCUT2D eigenvalue weighted by atomic mass is 9.94. The molecule has 3 fully saturated rings.